The second-order valence-corrected chi connectivity index (χ2v) is 6.09. The van der Waals surface area contributed by atoms with E-state index in [0.29, 0.717) is 18.5 Å². The van der Waals surface area contributed by atoms with E-state index >= 15 is 0 Å². The summed E-state index contributed by atoms with van der Waals surface area (Å²) in [6.07, 6.45) is 0.192. The fraction of sp³-hybridized carbons (Fsp3) is 0.533. The molecule has 0 bridgehead atoms. The molecule has 0 saturated carbocycles. The molecule has 2 atom stereocenters. The van der Waals surface area contributed by atoms with Crippen LogP contribution in [0.5, 0.6) is 0 Å². The van der Waals surface area contributed by atoms with Crippen LogP contribution in [0.25, 0.3) is 0 Å². The van der Waals surface area contributed by atoms with Crippen LogP contribution in [0.3, 0.4) is 0 Å². The number of halogens is 1. The quantitative estimate of drug-likeness (QED) is 0.860. The minimum Gasteiger partial charge on any atom is -0.444 e. The number of benzene rings is 1. The van der Waals surface area contributed by atoms with Gasteiger partial charge in [-0.2, -0.15) is 0 Å². The van der Waals surface area contributed by atoms with Crippen molar-refractivity contribution < 1.29 is 13.9 Å². The minimum atomic E-state index is -0.580. The first kappa shape index (κ1) is 14.8. The third kappa shape index (κ3) is 3.10. The van der Waals surface area contributed by atoms with Gasteiger partial charge in [0.05, 0.1) is 6.04 Å². The fourth-order valence-corrected chi connectivity index (χ4v) is 2.46. The number of likely N-dealkylation sites (tertiary alicyclic amines) is 1. The van der Waals surface area contributed by atoms with Crippen LogP contribution in [0.4, 0.5) is 9.18 Å². The zero-order chi connectivity index (χ0) is 14.9. The highest BCUT2D eigenvalue weighted by Gasteiger charge is 2.39. The van der Waals surface area contributed by atoms with Crippen LogP contribution in [0.15, 0.2) is 24.3 Å². The van der Waals surface area contributed by atoms with Gasteiger partial charge in [0.15, 0.2) is 0 Å². The molecule has 1 amide bonds. The standard InChI is InChI=1S/C15H21FN2O2/c1-15(2,3)20-14(19)18-9-8-12(17)13(18)10-6-4-5-7-11(10)16/h4-7,12-13H,8-9,17H2,1-3H3/t12-,13-/m1/s1. The number of carbonyl (C=O) groups excluding carboxylic acids is 1. The molecule has 1 saturated heterocycles. The summed E-state index contributed by atoms with van der Waals surface area (Å²) >= 11 is 0. The molecule has 0 unspecified atom stereocenters. The van der Waals surface area contributed by atoms with Gasteiger partial charge in [0.1, 0.15) is 11.4 Å². The summed E-state index contributed by atoms with van der Waals surface area (Å²) in [6.45, 7) is 5.89. The Hall–Kier alpha value is -1.62. The lowest BCUT2D eigenvalue weighted by molar-refractivity contribution is 0.0216. The van der Waals surface area contributed by atoms with Crippen molar-refractivity contribution in [3.8, 4) is 0 Å². The van der Waals surface area contributed by atoms with E-state index in [2.05, 4.69) is 0 Å². The smallest absolute Gasteiger partial charge is 0.410 e. The maximum atomic E-state index is 14.0. The van der Waals surface area contributed by atoms with Gasteiger partial charge in [-0.15, -0.1) is 0 Å². The molecule has 1 aromatic rings. The zero-order valence-electron chi connectivity index (χ0n) is 12.1. The van der Waals surface area contributed by atoms with Crippen LogP contribution in [-0.2, 0) is 4.74 Å². The lowest BCUT2D eigenvalue weighted by atomic mass is 10.0. The summed E-state index contributed by atoms with van der Waals surface area (Å²) in [5, 5.41) is 0. The number of rotatable bonds is 1. The predicted molar refractivity (Wildman–Crippen MR) is 74.7 cm³/mol. The number of hydrogen-bond donors (Lipinski definition) is 1. The zero-order valence-corrected chi connectivity index (χ0v) is 12.1. The molecule has 1 aliphatic rings. The van der Waals surface area contributed by atoms with Crippen LogP contribution in [0, 0.1) is 5.82 Å². The molecule has 20 heavy (non-hydrogen) atoms. The van der Waals surface area contributed by atoms with Gasteiger partial charge in [-0.1, -0.05) is 18.2 Å². The highest BCUT2D eigenvalue weighted by Crippen LogP contribution is 2.33. The van der Waals surface area contributed by atoms with E-state index in [1.54, 1.807) is 39.0 Å². The molecule has 1 aliphatic heterocycles. The second-order valence-electron chi connectivity index (χ2n) is 6.09. The van der Waals surface area contributed by atoms with Crippen molar-refractivity contribution in [2.75, 3.05) is 6.54 Å². The molecule has 0 aliphatic carbocycles. The maximum Gasteiger partial charge on any atom is 0.410 e. The van der Waals surface area contributed by atoms with E-state index in [0.717, 1.165) is 0 Å². The molecule has 0 radical (unpaired) electrons. The van der Waals surface area contributed by atoms with Crippen LogP contribution >= 0.6 is 0 Å². The van der Waals surface area contributed by atoms with E-state index in [-0.39, 0.29) is 11.9 Å². The van der Waals surface area contributed by atoms with E-state index in [9.17, 15) is 9.18 Å². The van der Waals surface area contributed by atoms with Gasteiger partial charge < -0.3 is 10.5 Å². The third-order valence-corrected chi connectivity index (χ3v) is 3.30. The van der Waals surface area contributed by atoms with Crippen LogP contribution < -0.4 is 5.73 Å². The third-order valence-electron chi connectivity index (χ3n) is 3.30. The molecule has 0 aromatic heterocycles. The SMILES string of the molecule is CC(C)(C)OC(=O)N1CC[C@@H](N)[C@H]1c1ccccc1F. The summed E-state index contributed by atoms with van der Waals surface area (Å²) in [5.74, 6) is -0.344. The van der Waals surface area contributed by atoms with Crippen molar-refractivity contribution in [2.24, 2.45) is 5.73 Å². The highest BCUT2D eigenvalue weighted by molar-refractivity contribution is 5.69. The van der Waals surface area contributed by atoms with Crippen molar-refractivity contribution in [2.45, 2.75) is 44.9 Å². The van der Waals surface area contributed by atoms with Crippen LogP contribution in [0.1, 0.15) is 38.8 Å². The summed E-state index contributed by atoms with van der Waals surface area (Å²) in [5.41, 5.74) is 5.92. The molecule has 0 spiro atoms. The number of hydrogen-bond acceptors (Lipinski definition) is 3. The monoisotopic (exact) mass is 280 g/mol. The van der Waals surface area contributed by atoms with Crippen molar-refractivity contribution in [1.82, 2.24) is 4.90 Å². The number of ether oxygens (including phenoxy) is 1. The van der Waals surface area contributed by atoms with Gasteiger partial charge in [0.25, 0.3) is 0 Å². The summed E-state index contributed by atoms with van der Waals surface area (Å²) in [4.78, 5) is 13.7. The summed E-state index contributed by atoms with van der Waals surface area (Å²) in [7, 11) is 0. The average molecular weight is 280 g/mol. The molecular formula is C15H21FN2O2. The van der Waals surface area contributed by atoms with Gasteiger partial charge in [0.2, 0.25) is 0 Å². The van der Waals surface area contributed by atoms with Gasteiger partial charge in [-0.25, -0.2) is 9.18 Å². The Balaban J connectivity index is 2.26. The topological polar surface area (TPSA) is 55.6 Å². The molecule has 5 heteroatoms. The molecule has 2 N–H and O–H groups in total. The Morgan fingerprint density at radius 1 is 1.40 bits per heavy atom. The van der Waals surface area contributed by atoms with Gasteiger partial charge >= 0.3 is 6.09 Å². The minimum absolute atomic E-state index is 0.278. The van der Waals surface area contributed by atoms with Crippen LogP contribution in [-0.4, -0.2) is 29.2 Å². The molecule has 4 nitrogen and oxygen atoms in total. The van der Waals surface area contributed by atoms with Crippen molar-refractivity contribution >= 4 is 6.09 Å². The maximum absolute atomic E-state index is 14.0. The Morgan fingerprint density at radius 2 is 2.05 bits per heavy atom. The Labute approximate surface area is 118 Å². The largest absolute Gasteiger partial charge is 0.444 e. The fourth-order valence-electron chi connectivity index (χ4n) is 2.46. The van der Waals surface area contributed by atoms with Crippen molar-refractivity contribution in [1.29, 1.82) is 0 Å². The normalized spacial score (nSPS) is 22.9. The molecule has 1 aromatic carbocycles. The van der Waals surface area contributed by atoms with Crippen LogP contribution in [0.2, 0.25) is 0 Å². The van der Waals surface area contributed by atoms with Gasteiger partial charge in [-0.3, -0.25) is 4.90 Å². The lowest BCUT2D eigenvalue weighted by Gasteiger charge is -2.30. The molecule has 2 rings (SSSR count). The molecular weight excluding hydrogens is 259 g/mol. The average Bonchev–Trinajstić information content (AvgIpc) is 2.70. The number of carbonyl (C=O) groups is 1. The Morgan fingerprint density at radius 3 is 2.65 bits per heavy atom. The number of nitrogens with zero attached hydrogens (tertiary/aromatic N) is 1. The first-order valence-corrected chi connectivity index (χ1v) is 6.79. The summed E-state index contributed by atoms with van der Waals surface area (Å²) < 4.78 is 19.3. The number of nitrogens with two attached hydrogens (primary N) is 1. The molecule has 1 fully saturated rings. The number of amides is 1. The van der Waals surface area contributed by atoms with Gasteiger partial charge in [-0.05, 0) is 33.3 Å². The molecule has 1 heterocycles. The Kier molecular flexibility index (Phi) is 3.99. The van der Waals surface area contributed by atoms with E-state index in [1.165, 1.54) is 11.0 Å². The van der Waals surface area contributed by atoms with Gasteiger partial charge in [0, 0.05) is 18.2 Å². The Bertz CT molecular complexity index is 499. The first-order chi connectivity index (χ1) is 9.29. The van der Waals surface area contributed by atoms with Crippen molar-refractivity contribution in [3.63, 3.8) is 0 Å². The predicted octanol–water partition coefficient (Wildman–Crippen LogP) is 2.83. The van der Waals surface area contributed by atoms with Crippen molar-refractivity contribution in [3.05, 3.63) is 35.6 Å². The van der Waals surface area contributed by atoms with E-state index < -0.39 is 17.7 Å². The van der Waals surface area contributed by atoms with E-state index in [1.807, 2.05) is 0 Å². The molecule has 110 valence electrons. The first-order valence-electron chi connectivity index (χ1n) is 6.79. The lowest BCUT2D eigenvalue weighted by Crippen LogP contribution is -2.39. The highest BCUT2D eigenvalue weighted by atomic mass is 19.1. The van der Waals surface area contributed by atoms with E-state index in [4.69, 9.17) is 10.5 Å². The second kappa shape index (κ2) is 5.40. The summed E-state index contributed by atoms with van der Waals surface area (Å²) in [6, 6.07) is 5.68.